The van der Waals surface area contributed by atoms with E-state index in [-0.39, 0.29) is 48.8 Å². The van der Waals surface area contributed by atoms with E-state index in [0.29, 0.717) is 32.5 Å². The number of carbonyl (C=O) groups is 3. The average molecular weight is 618 g/mol. The molecule has 0 aromatic heterocycles. The molecule has 2 saturated heterocycles. The van der Waals surface area contributed by atoms with Crippen LogP contribution in [0.2, 0.25) is 0 Å². The molecule has 1 spiro atoms. The van der Waals surface area contributed by atoms with Gasteiger partial charge in [-0.2, -0.15) is 0 Å². The Hall–Kier alpha value is -2.68. The normalized spacial score (nSPS) is 17.8. The highest BCUT2D eigenvalue weighted by Gasteiger charge is 2.57. The van der Waals surface area contributed by atoms with Crippen LogP contribution >= 0.6 is 28.3 Å². The van der Waals surface area contributed by atoms with Gasteiger partial charge >= 0.3 is 6.03 Å². The molecule has 1 atom stereocenters. The van der Waals surface area contributed by atoms with Crippen LogP contribution in [-0.4, -0.2) is 64.3 Å². The fourth-order valence-electron chi connectivity index (χ4n) is 5.36. The Morgan fingerprint density at radius 3 is 2.31 bits per heavy atom. The molecule has 210 valence electrons. The van der Waals surface area contributed by atoms with Gasteiger partial charge in [0.05, 0.1) is 12.6 Å². The molecule has 0 radical (unpaired) electrons. The van der Waals surface area contributed by atoms with E-state index in [1.54, 1.807) is 11.0 Å². The molecule has 2 fully saturated rings. The van der Waals surface area contributed by atoms with E-state index >= 15 is 0 Å². The molecule has 0 saturated carbocycles. The maximum atomic E-state index is 13.7. The van der Waals surface area contributed by atoms with Gasteiger partial charge in [0.2, 0.25) is 5.91 Å². The first-order chi connectivity index (χ1) is 18.2. The number of nitrogens with one attached hydrogen (secondary N) is 1. The summed E-state index contributed by atoms with van der Waals surface area (Å²) in [6.45, 7) is 10.4. The van der Waals surface area contributed by atoms with Gasteiger partial charge in [-0.25, -0.2) is 4.79 Å². The predicted molar refractivity (Wildman–Crippen MR) is 159 cm³/mol. The largest absolute Gasteiger partial charge is 0.349 e. The van der Waals surface area contributed by atoms with Crippen molar-refractivity contribution in [3.63, 3.8) is 0 Å². The van der Waals surface area contributed by atoms with Gasteiger partial charge in [0.15, 0.2) is 0 Å². The van der Waals surface area contributed by atoms with E-state index in [2.05, 4.69) is 32.7 Å². The van der Waals surface area contributed by atoms with Gasteiger partial charge in [-0.1, -0.05) is 78.3 Å². The Labute approximate surface area is 246 Å². The number of amides is 4. The second kappa shape index (κ2) is 13.6. The number of imide groups is 1. The van der Waals surface area contributed by atoms with Gasteiger partial charge in [0, 0.05) is 36.6 Å². The fourth-order valence-corrected chi connectivity index (χ4v) is 5.63. The molecule has 4 amide bonds. The highest BCUT2D eigenvalue weighted by atomic mass is 79.9. The molecule has 0 aliphatic carbocycles. The van der Waals surface area contributed by atoms with Crippen molar-refractivity contribution >= 4 is 46.2 Å². The van der Waals surface area contributed by atoms with Crippen molar-refractivity contribution in [2.24, 2.45) is 5.92 Å². The molecule has 2 aromatic carbocycles. The molecular weight excluding hydrogens is 580 g/mol. The first-order valence-corrected chi connectivity index (χ1v) is 14.1. The van der Waals surface area contributed by atoms with Gasteiger partial charge < -0.3 is 15.1 Å². The number of halogens is 2. The lowest BCUT2D eigenvalue weighted by atomic mass is 9.85. The lowest BCUT2D eigenvalue weighted by Crippen LogP contribution is -2.56. The van der Waals surface area contributed by atoms with Crippen LogP contribution in [0, 0.1) is 5.92 Å². The monoisotopic (exact) mass is 616 g/mol. The maximum absolute atomic E-state index is 13.7. The predicted octanol–water partition coefficient (Wildman–Crippen LogP) is 5.56. The summed E-state index contributed by atoms with van der Waals surface area (Å²) in [6, 6.07) is 17.4. The molecule has 7 nitrogen and oxygen atoms in total. The lowest BCUT2D eigenvalue weighted by molar-refractivity contribution is -0.136. The van der Waals surface area contributed by atoms with Gasteiger partial charge in [0.1, 0.15) is 5.54 Å². The van der Waals surface area contributed by atoms with Crippen molar-refractivity contribution in [3.05, 3.63) is 82.9 Å². The topological polar surface area (TPSA) is 73.0 Å². The fraction of sp³-hybridized carbons (Fsp3) is 0.433. The van der Waals surface area contributed by atoms with Crippen molar-refractivity contribution in [1.82, 2.24) is 20.0 Å². The Kier molecular flexibility index (Phi) is 10.8. The summed E-state index contributed by atoms with van der Waals surface area (Å²) < 4.78 is 0.954. The summed E-state index contributed by atoms with van der Waals surface area (Å²) in [5.41, 5.74) is 1.17. The molecule has 2 heterocycles. The summed E-state index contributed by atoms with van der Waals surface area (Å²) >= 11 is 3.44. The second-order valence-electron chi connectivity index (χ2n) is 10.5. The van der Waals surface area contributed by atoms with E-state index in [0.717, 1.165) is 28.6 Å². The number of likely N-dealkylation sites (tertiary alicyclic amines) is 1. The van der Waals surface area contributed by atoms with Crippen molar-refractivity contribution in [2.45, 2.75) is 51.2 Å². The van der Waals surface area contributed by atoms with Crippen molar-refractivity contribution in [3.8, 4) is 0 Å². The zero-order valence-electron chi connectivity index (χ0n) is 22.6. The molecule has 1 N–H and O–H groups in total. The molecule has 2 aromatic rings. The molecule has 2 aliphatic rings. The van der Waals surface area contributed by atoms with Gasteiger partial charge in [-0.05, 0) is 42.5 Å². The van der Waals surface area contributed by atoms with Crippen LogP contribution in [-0.2, 0) is 16.1 Å². The number of hydrogen-bond acceptors (Lipinski definition) is 4. The second-order valence-corrected chi connectivity index (χ2v) is 11.4. The molecule has 2 aliphatic heterocycles. The number of carbonyl (C=O) groups excluding carboxylic acids is 3. The van der Waals surface area contributed by atoms with E-state index in [9.17, 15) is 14.4 Å². The Bertz CT molecular complexity index is 1150. The quantitative estimate of drug-likeness (QED) is 0.280. The van der Waals surface area contributed by atoms with E-state index < -0.39 is 5.54 Å². The van der Waals surface area contributed by atoms with Crippen LogP contribution in [0.25, 0.3) is 0 Å². The minimum Gasteiger partial charge on any atom is -0.349 e. The number of piperidine rings is 1. The molecule has 4 rings (SSSR count). The van der Waals surface area contributed by atoms with Crippen LogP contribution < -0.4 is 5.32 Å². The number of urea groups is 1. The summed E-state index contributed by atoms with van der Waals surface area (Å²) in [4.78, 5) is 45.1. The highest BCUT2D eigenvalue weighted by molar-refractivity contribution is 9.10. The summed E-state index contributed by atoms with van der Waals surface area (Å²) in [6.07, 6.45) is 3.63. The molecular formula is C30H38BrClN4O3. The van der Waals surface area contributed by atoms with Crippen molar-refractivity contribution in [2.75, 3.05) is 26.2 Å². The number of nitrogens with zero attached hydrogens (tertiary/aromatic N) is 3. The zero-order chi connectivity index (χ0) is 27.3. The minimum absolute atomic E-state index is 0. The van der Waals surface area contributed by atoms with Crippen molar-refractivity contribution < 1.29 is 14.4 Å². The first-order valence-electron chi connectivity index (χ1n) is 13.3. The minimum atomic E-state index is -0.832. The molecule has 39 heavy (non-hydrogen) atoms. The van der Waals surface area contributed by atoms with E-state index in [1.165, 1.54) is 4.90 Å². The molecule has 9 heteroatoms. The number of rotatable bonds is 10. The Morgan fingerprint density at radius 1 is 1.08 bits per heavy atom. The smallest absolute Gasteiger partial charge is 0.328 e. The van der Waals surface area contributed by atoms with Crippen molar-refractivity contribution in [1.29, 1.82) is 0 Å². The number of hydrogen-bond donors (Lipinski definition) is 1. The molecule has 0 bridgehead atoms. The van der Waals surface area contributed by atoms with Gasteiger partial charge in [0.25, 0.3) is 5.91 Å². The van der Waals surface area contributed by atoms with Crippen LogP contribution in [0.1, 0.15) is 50.3 Å². The number of benzene rings is 2. The van der Waals surface area contributed by atoms with Crippen LogP contribution in [0.4, 0.5) is 4.79 Å². The average Bonchev–Trinajstić information content (AvgIpc) is 3.10. The SMILES string of the molecule is C=CCN1C(=O)N(Cc2ccc(Br)cc2)C(=O)C12CCN(CC[C@H](NC(=O)C(C)C)c1ccccc1)CC2.Cl. The lowest BCUT2D eigenvalue weighted by Gasteiger charge is -2.42. The third-order valence-electron chi connectivity index (χ3n) is 7.65. The molecule has 0 unspecified atom stereocenters. The Morgan fingerprint density at radius 2 is 1.72 bits per heavy atom. The third-order valence-corrected chi connectivity index (χ3v) is 8.18. The van der Waals surface area contributed by atoms with E-state index in [1.807, 2.05) is 68.4 Å². The summed E-state index contributed by atoms with van der Waals surface area (Å²) in [7, 11) is 0. The van der Waals surface area contributed by atoms with E-state index in [4.69, 9.17) is 0 Å². The van der Waals surface area contributed by atoms with Crippen LogP contribution in [0.3, 0.4) is 0 Å². The van der Waals surface area contributed by atoms with Crippen LogP contribution in [0.15, 0.2) is 71.7 Å². The highest BCUT2D eigenvalue weighted by Crippen LogP contribution is 2.38. The van der Waals surface area contributed by atoms with Gasteiger partial charge in [-0.15, -0.1) is 19.0 Å². The van der Waals surface area contributed by atoms with Crippen LogP contribution in [0.5, 0.6) is 0 Å². The van der Waals surface area contributed by atoms with Gasteiger partial charge in [-0.3, -0.25) is 14.5 Å². The first kappa shape index (κ1) is 30.9. The summed E-state index contributed by atoms with van der Waals surface area (Å²) in [5, 5.41) is 3.20. The summed E-state index contributed by atoms with van der Waals surface area (Å²) in [5.74, 6) is -0.158. The third kappa shape index (κ3) is 6.91. The standard InChI is InChI=1S/C30H37BrN4O3.ClH/c1-4-17-35-29(38)34(21-23-10-12-25(31)13-11-23)28(37)30(35)15-19-33(20-16-30)18-14-26(32-27(36)22(2)3)24-8-6-5-7-9-24;/h4-13,22,26H,1,14-21H2,2-3H3,(H,32,36);1H/t26-;/m0./s1. The zero-order valence-corrected chi connectivity index (χ0v) is 25.0. The Balaban J connectivity index is 0.00000420. The maximum Gasteiger partial charge on any atom is 0.328 e.